The zero-order valence-corrected chi connectivity index (χ0v) is 11.7. The van der Waals surface area contributed by atoms with Crippen molar-refractivity contribution in [2.45, 2.75) is 32.0 Å². The third-order valence-corrected chi connectivity index (χ3v) is 2.89. The topological polar surface area (TPSA) is 49.0 Å². The Bertz CT molecular complexity index is 186. The van der Waals surface area contributed by atoms with Crippen LogP contribution in [0.1, 0.15) is 19.8 Å². The van der Waals surface area contributed by atoms with E-state index in [1.54, 1.807) is 7.11 Å². The van der Waals surface area contributed by atoms with Gasteiger partial charge in [-0.05, 0) is 19.8 Å². The Labute approximate surface area is 110 Å². The van der Waals surface area contributed by atoms with Crippen LogP contribution in [-0.2, 0) is 18.9 Å². The second-order valence-corrected chi connectivity index (χ2v) is 4.58. The standard InChI is InChI=1S/C13H27NO4/c1-12(17-9-8-16-7-6-15-2)10-14-11-13-4-3-5-18-13/h12-14H,3-11H2,1-2H3. The number of rotatable bonds is 11. The van der Waals surface area contributed by atoms with Gasteiger partial charge in [0.25, 0.3) is 0 Å². The van der Waals surface area contributed by atoms with Gasteiger partial charge in [-0.3, -0.25) is 0 Å². The molecule has 0 bridgehead atoms. The summed E-state index contributed by atoms with van der Waals surface area (Å²) in [5.74, 6) is 0. The zero-order valence-electron chi connectivity index (χ0n) is 11.7. The van der Waals surface area contributed by atoms with E-state index in [4.69, 9.17) is 18.9 Å². The van der Waals surface area contributed by atoms with Gasteiger partial charge >= 0.3 is 0 Å². The summed E-state index contributed by atoms with van der Waals surface area (Å²) in [5, 5.41) is 3.38. The molecule has 18 heavy (non-hydrogen) atoms. The van der Waals surface area contributed by atoms with Crippen molar-refractivity contribution in [3.8, 4) is 0 Å². The number of methoxy groups -OCH3 is 1. The molecule has 0 aliphatic carbocycles. The smallest absolute Gasteiger partial charge is 0.0704 e. The van der Waals surface area contributed by atoms with Crippen LogP contribution in [0.3, 0.4) is 0 Å². The first-order valence-corrected chi connectivity index (χ1v) is 6.83. The first-order chi connectivity index (χ1) is 8.83. The highest BCUT2D eigenvalue weighted by Crippen LogP contribution is 2.10. The maximum Gasteiger partial charge on any atom is 0.0704 e. The molecule has 0 aromatic heterocycles. The van der Waals surface area contributed by atoms with Crippen molar-refractivity contribution in [1.82, 2.24) is 5.32 Å². The lowest BCUT2D eigenvalue weighted by atomic mass is 10.2. The summed E-state index contributed by atoms with van der Waals surface area (Å²) in [4.78, 5) is 0. The molecule has 1 heterocycles. The van der Waals surface area contributed by atoms with Crippen molar-refractivity contribution in [2.75, 3.05) is 53.2 Å². The molecule has 2 unspecified atom stereocenters. The first kappa shape index (κ1) is 15.9. The third kappa shape index (κ3) is 8.00. The third-order valence-electron chi connectivity index (χ3n) is 2.89. The van der Waals surface area contributed by atoms with E-state index in [0.717, 1.165) is 19.7 Å². The minimum atomic E-state index is 0.206. The average Bonchev–Trinajstić information content (AvgIpc) is 2.87. The molecule has 0 saturated carbocycles. The van der Waals surface area contributed by atoms with Crippen molar-refractivity contribution >= 4 is 0 Å². The van der Waals surface area contributed by atoms with E-state index >= 15 is 0 Å². The average molecular weight is 261 g/mol. The lowest BCUT2D eigenvalue weighted by Crippen LogP contribution is -2.33. The first-order valence-electron chi connectivity index (χ1n) is 6.83. The minimum absolute atomic E-state index is 0.206. The van der Waals surface area contributed by atoms with Crippen molar-refractivity contribution < 1.29 is 18.9 Å². The Morgan fingerprint density at radius 3 is 2.83 bits per heavy atom. The number of hydrogen-bond acceptors (Lipinski definition) is 5. The van der Waals surface area contributed by atoms with Crippen LogP contribution in [0.15, 0.2) is 0 Å². The van der Waals surface area contributed by atoms with Gasteiger partial charge < -0.3 is 24.3 Å². The maximum atomic E-state index is 5.62. The molecule has 1 N–H and O–H groups in total. The monoisotopic (exact) mass is 261 g/mol. The second kappa shape index (κ2) is 10.7. The second-order valence-electron chi connectivity index (χ2n) is 4.58. The fourth-order valence-electron chi connectivity index (χ4n) is 1.86. The lowest BCUT2D eigenvalue weighted by Gasteiger charge is -2.16. The molecule has 1 saturated heterocycles. The Morgan fingerprint density at radius 2 is 2.11 bits per heavy atom. The van der Waals surface area contributed by atoms with Gasteiger partial charge in [-0.25, -0.2) is 0 Å². The van der Waals surface area contributed by atoms with Crippen molar-refractivity contribution in [1.29, 1.82) is 0 Å². The number of hydrogen-bond donors (Lipinski definition) is 1. The van der Waals surface area contributed by atoms with Gasteiger partial charge in [-0.2, -0.15) is 0 Å². The number of nitrogens with one attached hydrogen (secondary N) is 1. The molecular weight excluding hydrogens is 234 g/mol. The van der Waals surface area contributed by atoms with Crippen LogP contribution in [0.25, 0.3) is 0 Å². The van der Waals surface area contributed by atoms with Crippen LogP contribution >= 0.6 is 0 Å². The van der Waals surface area contributed by atoms with Gasteiger partial charge in [0.05, 0.1) is 38.6 Å². The van der Waals surface area contributed by atoms with Gasteiger partial charge in [0.1, 0.15) is 0 Å². The van der Waals surface area contributed by atoms with Crippen molar-refractivity contribution in [2.24, 2.45) is 0 Å². The summed E-state index contributed by atoms with van der Waals surface area (Å²) in [6.07, 6.45) is 2.97. The maximum absolute atomic E-state index is 5.62. The van der Waals surface area contributed by atoms with Gasteiger partial charge in [0, 0.05) is 26.8 Å². The number of ether oxygens (including phenoxy) is 4. The molecule has 5 heteroatoms. The Balaban J connectivity index is 1.82. The van der Waals surface area contributed by atoms with Crippen LogP contribution in [0.5, 0.6) is 0 Å². The van der Waals surface area contributed by atoms with Crippen LogP contribution in [0.2, 0.25) is 0 Å². The molecule has 5 nitrogen and oxygen atoms in total. The normalized spacial score (nSPS) is 21.3. The largest absolute Gasteiger partial charge is 0.382 e. The summed E-state index contributed by atoms with van der Waals surface area (Å²) in [6, 6.07) is 0. The van der Waals surface area contributed by atoms with Crippen molar-refractivity contribution in [3.63, 3.8) is 0 Å². The van der Waals surface area contributed by atoms with Crippen LogP contribution in [-0.4, -0.2) is 65.4 Å². The molecule has 2 atom stereocenters. The Kier molecular flexibility index (Phi) is 9.42. The van der Waals surface area contributed by atoms with Gasteiger partial charge in [-0.15, -0.1) is 0 Å². The highest BCUT2D eigenvalue weighted by molar-refractivity contribution is 4.68. The van der Waals surface area contributed by atoms with Crippen LogP contribution in [0.4, 0.5) is 0 Å². The Hall–Kier alpha value is -0.200. The van der Waals surface area contributed by atoms with E-state index in [1.807, 2.05) is 0 Å². The van der Waals surface area contributed by atoms with E-state index in [1.165, 1.54) is 12.8 Å². The summed E-state index contributed by atoms with van der Waals surface area (Å²) in [7, 11) is 1.67. The van der Waals surface area contributed by atoms with Gasteiger partial charge in [0.2, 0.25) is 0 Å². The molecule has 0 aromatic carbocycles. The molecule has 0 radical (unpaired) electrons. The molecule has 1 aliphatic rings. The summed E-state index contributed by atoms with van der Waals surface area (Å²) < 4.78 is 21.4. The highest BCUT2D eigenvalue weighted by atomic mass is 16.5. The fraction of sp³-hybridized carbons (Fsp3) is 1.00. The molecular formula is C13H27NO4. The molecule has 1 aliphatic heterocycles. The molecule has 108 valence electrons. The molecule has 0 aromatic rings. The van der Waals surface area contributed by atoms with Gasteiger partial charge in [-0.1, -0.05) is 0 Å². The summed E-state index contributed by atoms with van der Waals surface area (Å²) in [5.41, 5.74) is 0. The zero-order chi connectivity index (χ0) is 13.1. The van der Waals surface area contributed by atoms with Gasteiger partial charge in [0.15, 0.2) is 0 Å². The summed E-state index contributed by atoms with van der Waals surface area (Å²) in [6.45, 7) is 7.29. The highest BCUT2D eigenvalue weighted by Gasteiger charge is 2.14. The molecule has 0 amide bonds. The predicted molar refractivity (Wildman–Crippen MR) is 70.0 cm³/mol. The van der Waals surface area contributed by atoms with Crippen molar-refractivity contribution in [3.05, 3.63) is 0 Å². The molecule has 0 spiro atoms. The van der Waals surface area contributed by atoms with E-state index in [2.05, 4.69) is 12.2 Å². The predicted octanol–water partition coefficient (Wildman–Crippen LogP) is 0.823. The van der Waals surface area contributed by atoms with Crippen LogP contribution in [0, 0.1) is 0 Å². The quantitative estimate of drug-likeness (QED) is 0.558. The lowest BCUT2D eigenvalue weighted by molar-refractivity contribution is -0.000872. The molecule has 1 rings (SSSR count). The van der Waals surface area contributed by atoms with Crippen LogP contribution < -0.4 is 5.32 Å². The minimum Gasteiger partial charge on any atom is -0.382 e. The SMILES string of the molecule is COCCOCCOC(C)CNCC1CCCO1. The van der Waals surface area contributed by atoms with E-state index in [-0.39, 0.29) is 6.10 Å². The van der Waals surface area contributed by atoms with E-state index in [0.29, 0.717) is 32.5 Å². The fourth-order valence-corrected chi connectivity index (χ4v) is 1.86. The van der Waals surface area contributed by atoms with E-state index in [9.17, 15) is 0 Å². The van der Waals surface area contributed by atoms with E-state index < -0.39 is 0 Å². The Morgan fingerprint density at radius 1 is 1.28 bits per heavy atom. The summed E-state index contributed by atoms with van der Waals surface area (Å²) >= 11 is 0. The molecule has 1 fully saturated rings.